The predicted molar refractivity (Wildman–Crippen MR) is 69.9 cm³/mol. The van der Waals surface area contributed by atoms with Gasteiger partial charge in [-0.3, -0.25) is 4.79 Å². The third-order valence-electron chi connectivity index (χ3n) is 3.85. The van der Waals surface area contributed by atoms with E-state index in [-0.39, 0.29) is 17.1 Å². The Morgan fingerprint density at radius 2 is 2.06 bits per heavy atom. The lowest BCUT2D eigenvalue weighted by Gasteiger charge is -2.22. The van der Waals surface area contributed by atoms with E-state index in [2.05, 4.69) is 0 Å². The maximum absolute atomic E-state index is 13.1. The van der Waals surface area contributed by atoms with E-state index in [0.29, 0.717) is 12.8 Å². The number of nitrogens with two attached hydrogens (primary N) is 1. The van der Waals surface area contributed by atoms with Crippen LogP contribution in [0.2, 0.25) is 0 Å². The Balaban J connectivity index is 2.00. The molecule has 0 aromatic heterocycles. The van der Waals surface area contributed by atoms with E-state index in [1.165, 1.54) is 12.1 Å². The summed E-state index contributed by atoms with van der Waals surface area (Å²) in [6.07, 6.45) is 4.80. The van der Waals surface area contributed by atoms with Crippen LogP contribution in [-0.2, 0) is 11.2 Å². The van der Waals surface area contributed by atoms with Gasteiger partial charge in [-0.15, -0.1) is 0 Å². The van der Waals surface area contributed by atoms with Gasteiger partial charge in [0, 0.05) is 18.4 Å². The van der Waals surface area contributed by atoms with E-state index in [4.69, 9.17) is 5.73 Å². The molecule has 2 rings (SSSR count). The highest BCUT2D eigenvalue weighted by molar-refractivity contribution is 5.82. The summed E-state index contributed by atoms with van der Waals surface area (Å²) < 4.78 is 13.1. The second-order valence-electron chi connectivity index (χ2n) is 5.53. The van der Waals surface area contributed by atoms with Crippen molar-refractivity contribution >= 4 is 5.78 Å². The fraction of sp³-hybridized carbons (Fsp3) is 0.533. The minimum Gasteiger partial charge on any atom is -0.325 e. The summed E-state index contributed by atoms with van der Waals surface area (Å²) in [5, 5.41) is 0. The third kappa shape index (κ3) is 3.16. The molecule has 0 atom stereocenters. The van der Waals surface area contributed by atoms with Crippen molar-refractivity contribution in [1.82, 2.24) is 0 Å². The van der Waals surface area contributed by atoms with Gasteiger partial charge in [0.2, 0.25) is 0 Å². The first-order valence-corrected chi connectivity index (χ1v) is 6.54. The maximum Gasteiger partial charge on any atom is 0.139 e. The Morgan fingerprint density at radius 3 is 2.72 bits per heavy atom. The molecule has 1 aromatic carbocycles. The summed E-state index contributed by atoms with van der Waals surface area (Å²) in [6, 6.07) is 4.58. The molecule has 18 heavy (non-hydrogen) atoms. The molecule has 1 aliphatic carbocycles. The molecule has 98 valence electrons. The second kappa shape index (κ2) is 5.19. The molecular formula is C15H20FNO. The number of Topliss-reactive ketones (excluding diaryl/α,β-unsaturated/α-hetero) is 1. The van der Waals surface area contributed by atoms with Gasteiger partial charge in [0.25, 0.3) is 0 Å². The van der Waals surface area contributed by atoms with Crippen molar-refractivity contribution in [2.24, 2.45) is 5.73 Å². The maximum atomic E-state index is 13.1. The van der Waals surface area contributed by atoms with E-state index in [1.54, 1.807) is 6.07 Å². The van der Waals surface area contributed by atoms with E-state index >= 15 is 0 Å². The molecule has 0 aliphatic heterocycles. The largest absolute Gasteiger partial charge is 0.325 e. The van der Waals surface area contributed by atoms with E-state index in [1.807, 2.05) is 6.92 Å². The molecule has 0 saturated heterocycles. The van der Waals surface area contributed by atoms with Crippen molar-refractivity contribution < 1.29 is 9.18 Å². The van der Waals surface area contributed by atoms with E-state index < -0.39 is 0 Å². The first-order chi connectivity index (χ1) is 8.48. The Kier molecular flexibility index (Phi) is 3.81. The molecular weight excluding hydrogens is 229 g/mol. The lowest BCUT2D eigenvalue weighted by atomic mass is 9.89. The van der Waals surface area contributed by atoms with Gasteiger partial charge < -0.3 is 5.73 Å². The molecule has 0 unspecified atom stereocenters. The Hall–Kier alpha value is -1.22. The number of rotatable bonds is 4. The molecule has 1 saturated carbocycles. The summed E-state index contributed by atoms with van der Waals surface area (Å²) in [4.78, 5) is 12.0. The van der Waals surface area contributed by atoms with E-state index in [9.17, 15) is 9.18 Å². The molecule has 0 amide bonds. The number of aryl methyl sites for hydroxylation is 1. The zero-order valence-corrected chi connectivity index (χ0v) is 10.8. The van der Waals surface area contributed by atoms with Gasteiger partial charge in [0.05, 0.1) is 0 Å². The smallest absolute Gasteiger partial charge is 0.139 e. The number of hydrogen-bond donors (Lipinski definition) is 1. The first kappa shape index (κ1) is 13.2. The standard InChI is InChI=1S/C15H20FNO/c1-11-4-5-13(16)8-12(11)9-14(18)10-15(17)6-2-3-7-15/h4-5,8H,2-3,6-7,9-10,17H2,1H3. The monoisotopic (exact) mass is 249 g/mol. The highest BCUT2D eigenvalue weighted by Gasteiger charge is 2.31. The van der Waals surface area contributed by atoms with Crippen LogP contribution in [-0.4, -0.2) is 11.3 Å². The number of carbonyl (C=O) groups excluding carboxylic acids is 1. The minimum atomic E-state index is -0.307. The van der Waals surface area contributed by atoms with Crippen LogP contribution in [0.1, 0.15) is 43.2 Å². The molecule has 1 aromatic rings. The number of carbonyl (C=O) groups is 1. The second-order valence-corrected chi connectivity index (χ2v) is 5.53. The van der Waals surface area contributed by atoms with Crippen molar-refractivity contribution in [2.75, 3.05) is 0 Å². The zero-order valence-electron chi connectivity index (χ0n) is 10.8. The third-order valence-corrected chi connectivity index (χ3v) is 3.85. The zero-order chi connectivity index (χ0) is 13.2. The summed E-state index contributed by atoms with van der Waals surface area (Å²) in [5.74, 6) is -0.167. The highest BCUT2D eigenvalue weighted by Crippen LogP contribution is 2.30. The molecule has 0 bridgehead atoms. The van der Waals surface area contributed by atoms with Crippen molar-refractivity contribution in [3.05, 3.63) is 35.1 Å². The summed E-state index contributed by atoms with van der Waals surface area (Å²) in [7, 11) is 0. The minimum absolute atomic E-state index is 0.119. The average molecular weight is 249 g/mol. The van der Waals surface area contributed by atoms with Crippen molar-refractivity contribution in [3.63, 3.8) is 0 Å². The normalized spacial score (nSPS) is 17.9. The molecule has 2 nitrogen and oxygen atoms in total. The SMILES string of the molecule is Cc1ccc(F)cc1CC(=O)CC1(N)CCCC1. The number of hydrogen-bond acceptors (Lipinski definition) is 2. The van der Waals surface area contributed by atoms with Crippen molar-refractivity contribution in [3.8, 4) is 0 Å². The van der Waals surface area contributed by atoms with Crippen LogP contribution in [0.25, 0.3) is 0 Å². The van der Waals surface area contributed by atoms with Crippen LogP contribution in [0.5, 0.6) is 0 Å². The Labute approximate surface area is 107 Å². The van der Waals surface area contributed by atoms with Gasteiger partial charge in [0.15, 0.2) is 0 Å². The van der Waals surface area contributed by atoms with Crippen LogP contribution < -0.4 is 5.73 Å². The molecule has 0 heterocycles. The predicted octanol–water partition coefficient (Wildman–Crippen LogP) is 2.91. The molecule has 0 spiro atoms. The fourth-order valence-corrected chi connectivity index (χ4v) is 2.75. The van der Waals surface area contributed by atoms with Crippen molar-refractivity contribution in [1.29, 1.82) is 0 Å². The lowest BCUT2D eigenvalue weighted by Crippen LogP contribution is -2.39. The van der Waals surface area contributed by atoms with Gasteiger partial charge in [0.1, 0.15) is 11.6 Å². The molecule has 2 N–H and O–H groups in total. The first-order valence-electron chi connectivity index (χ1n) is 6.54. The highest BCUT2D eigenvalue weighted by atomic mass is 19.1. The van der Waals surface area contributed by atoms with Gasteiger partial charge in [-0.2, -0.15) is 0 Å². The quantitative estimate of drug-likeness (QED) is 0.891. The number of ketones is 1. The van der Waals surface area contributed by atoms with E-state index in [0.717, 1.165) is 36.8 Å². The average Bonchev–Trinajstić information content (AvgIpc) is 2.70. The molecule has 1 fully saturated rings. The van der Waals surface area contributed by atoms with Crippen LogP contribution in [0.3, 0.4) is 0 Å². The number of halogens is 1. The van der Waals surface area contributed by atoms with Crippen molar-refractivity contribution in [2.45, 2.75) is 51.0 Å². The van der Waals surface area contributed by atoms with Gasteiger partial charge in [-0.1, -0.05) is 18.9 Å². The Bertz CT molecular complexity index is 450. The summed E-state index contributed by atoms with van der Waals surface area (Å²) in [5.41, 5.74) is 7.62. The lowest BCUT2D eigenvalue weighted by molar-refractivity contribution is -0.119. The van der Waals surface area contributed by atoms with Crippen LogP contribution in [0.4, 0.5) is 4.39 Å². The molecule has 1 aliphatic rings. The number of benzene rings is 1. The van der Waals surface area contributed by atoms with Crippen LogP contribution in [0.15, 0.2) is 18.2 Å². The fourth-order valence-electron chi connectivity index (χ4n) is 2.75. The van der Waals surface area contributed by atoms with Gasteiger partial charge >= 0.3 is 0 Å². The van der Waals surface area contributed by atoms with Crippen LogP contribution >= 0.6 is 0 Å². The Morgan fingerprint density at radius 1 is 1.39 bits per heavy atom. The van der Waals surface area contributed by atoms with Gasteiger partial charge in [-0.05, 0) is 43.0 Å². The summed E-state index contributed by atoms with van der Waals surface area (Å²) >= 11 is 0. The summed E-state index contributed by atoms with van der Waals surface area (Å²) in [6.45, 7) is 1.90. The molecule has 0 radical (unpaired) electrons. The molecule has 3 heteroatoms. The topological polar surface area (TPSA) is 43.1 Å². The van der Waals surface area contributed by atoms with Gasteiger partial charge in [-0.25, -0.2) is 4.39 Å². The van der Waals surface area contributed by atoms with Crippen LogP contribution in [0, 0.1) is 12.7 Å².